The minimum absolute atomic E-state index is 0.00962. The summed E-state index contributed by atoms with van der Waals surface area (Å²) in [6, 6.07) is 12.3. The third kappa shape index (κ3) is 2.44. The van der Waals surface area contributed by atoms with Crippen LogP contribution in [0.2, 0.25) is 0 Å². The fourth-order valence-electron chi connectivity index (χ4n) is 2.39. The molecule has 105 valence electrons. The van der Waals surface area contributed by atoms with Gasteiger partial charge in [0.2, 0.25) is 5.95 Å². The van der Waals surface area contributed by atoms with Crippen molar-refractivity contribution in [1.82, 2.24) is 15.7 Å². The predicted molar refractivity (Wildman–Crippen MR) is 81.8 cm³/mol. The van der Waals surface area contributed by atoms with Gasteiger partial charge in [-0.3, -0.25) is 5.73 Å². The van der Waals surface area contributed by atoms with Crippen LogP contribution in [0.1, 0.15) is 25.5 Å². The molecule has 1 N–H and O–H groups in total. The number of hydrogen-bond acceptors (Lipinski definition) is 2. The summed E-state index contributed by atoms with van der Waals surface area (Å²) in [6.07, 6.45) is 0. The number of nitrogens with one attached hydrogen (secondary N) is 1. The highest BCUT2D eigenvalue weighted by atomic mass is 19.1. The molecule has 0 aliphatic heterocycles. The lowest BCUT2D eigenvalue weighted by molar-refractivity contribution is 0.640. The molecule has 0 amide bonds. The summed E-state index contributed by atoms with van der Waals surface area (Å²) in [5.41, 5.74) is 10.1. The summed E-state index contributed by atoms with van der Waals surface area (Å²) in [6.45, 7) is 4.04. The standard InChI is InChI=1S/C17H15FN3/c1-10(2)15-9-16(21-17(19)20-15)13-7-8-14(18)12-6-4-3-5-11(12)13/h3-10,19H,1-2H3. The zero-order valence-electron chi connectivity index (χ0n) is 11.9. The van der Waals surface area contributed by atoms with E-state index in [4.69, 9.17) is 5.73 Å². The Morgan fingerprint density at radius 2 is 1.71 bits per heavy atom. The molecule has 0 spiro atoms. The van der Waals surface area contributed by atoms with Crippen LogP contribution in [0.15, 0.2) is 42.5 Å². The van der Waals surface area contributed by atoms with Gasteiger partial charge < -0.3 is 0 Å². The largest absolute Gasteiger partial charge is 0.265 e. The van der Waals surface area contributed by atoms with Gasteiger partial charge in [-0.1, -0.05) is 38.1 Å². The first-order valence-corrected chi connectivity index (χ1v) is 6.84. The maximum absolute atomic E-state index is 13.9. The first-order valence-electron chi connectivity index (χ1n) is 6.84. The molecule has 0 saturated carbocycles. The average Bonchev–Trinajstić information content (AvgIpc) is 2.47. The van der Waals surface area contributed by atoms with E-state index in [1.165, 1.54) is 6.07 Å². The Morgan fingerprint density at radius 1 is 1.00 bits per heavy atom. The normalized spacial score (nSPS) is 11.2. The Labute approximate surface area is 122 Å². The zero-order valence-corrected chi connectivity index (χ0v) is 11.9. The number of fused-ring (bicyclic) bond motifs is 1. The Kier molecular flexibility index (Phi) is 3.29. The number of benzene rings is 2. The molecule has 0 fully saturated rings. The fourth-order valence-corrected chi connectivity index (χ4v) is 2.39. The number of aromatic nitrogens is 2. The van der Waals surface area contributed by atoms with Crippen LogP contribution in [0, 0.1) is 5.82 Å². The molecule has 0 aliphatic rings. The monoisotopic (exact) mass is 280 g/mol. The number of rotatable bonds is 2. The minimum atomic E-state index is -0.251. The molecule has 0 unspecified atom stereocenters. The summed E-state index contributed by atoms with van der Waals surface area (Å²) in [5, 5.41) is 1.36. The Hall–Kier alpha value is -2.49. The molecule has 4 heteroatoms. The highest BCUT2D eigenvalue weighted by molar-refractivity contribution is 5.96. The van der Waals surface area contributed by atoms with Crippen molar-refractivity contribution >= 4 is 16.7 Å². The molecule has 3 nitrogen and oxygen atoms in total. The number of nitrogens with zero attached hydrogens (tertiary/aromatic N) is 2. The lowest BCUT2D eigenvalue weighted by Crippen LogP contribution is -1.98. The van der Waals surface area contributed by atoms with Crippen LogP contribution in [-0.4, -0.2) is 9.97 Å². The average molecular weight is 280 g/mol. The van der Waals surface area contributed by atoms with Crippen LogP contribution < -0.4 is 5.73 Å². The third-order valence-electron chi connectivity index (χ3n) is 3.48. The minimum Gasteiger partial charge on any atom is -0.265 e. The van der Waals surface area contributed by atoms with Crippen molar-refractivity contribution in [1.29, 1.82) is 0 Å². The smallest absolute Gasteiger partial charge is 0.242 e. The SMILES string of the molecule is CC(C)c1cc(-c2ccc(F)c3ccccc23)nc([NH])n1. The van der Waals surface area contributed by atoms with E-state index in [1.807, 2.05) is 38.1 Å². The molecule has 3 aromatic rings. The van der Waals surface area contributed by atoms with Gasteiger partial charge in [-0.25, -0.2) is 14.4 Å². The van der Waals surface area contributed by atoms with E-state index in [0.29, 0.717) is 11.1 Å². The van der Waals surface area contributed by atoms with E-state index in [0.717, 1.165) is 16.6 Å². The van der Waals surface area contributed by atoms with Gasteiger partial charge in [0, 0.05) is 16.6 Å². The van der Waals surface area contributed by atoms with E-state index in [-0.39, 0.29) is 17.7 Å². The van der Waals surface area contributed by atoms with Gasteiger partial charge in [-0.05, 0) is 29.5 Å². The van der Waals surface area contributed by atoms with Gasteiger partial charge in [-0.2, -0.15) is 0 Å². The van der Waals surface area contributed by atoms with Gasteiger partial charge in [-0.15, -0.1) is 0 Å². The Bertz CT molecular complexity index is 812. The second kappa shape index (κ2) is 5.13. The van der Waals surface area contributed by atoms with E-state index >= 15 is 0 Å². The second-order valence-corrected chi connectivity index (χ2v) is 5.30. The van der Waals surface area contributed by atoms with Gasteiger partial charge in [0.15, 0.2) is 0 Å². The van der Waals surface area contributed by atoms with Crippen molar-refractivity contribution in [2.45, 2.75) is 19.8 Å². The molecular weight excluding hydrogens is 265 g/mol. The van der Waals surface area contributed by atoms with Gasteiger partial charge in [0.25, 0.3) is 0 Å². The third-order valence-corrected chi connectivity index (χ3v) is 3.48. The van der Waals surface area contributed by atoms with E-state index in [1.54, 1.807) is 12.1 Å². The number of halogens is 1. The van der Waals surface area contributed by atoms with E-state index < -0.39 is 0 Å². The molecule has 21 heavy (non-hydrogen) atoms. The van der Waals surface area contributed by atoms with E-state index in [2.05, 4.69) is 9.97 Å². The van der Waals surface area contributed by atoms with Gasteiger partial charge >= 0.3 is 0 Å². The molecule has 2 aromatic carbocycles. The van der Waals surface area contributed by atoms with Crippen LogP contribution in [0.25, 0.3) is 22.0 Å². The maximum atomic E-state index is 13.9. The molecule has 1 heterocycles. The van der Waals surface area contributed by atoms with Crippen molar-refractivity contribution in [2.24, 2.45) is 0 Å². The summed E-state index contributed by atoms with van der Waals surface area (Å²) in [7, 11) is 0. The molecule has 1 aromatic heterocycles. The Morgan fingerprint density at radius 3 is 2.43 bits per heavy atom. The van der Waals surface area contributed by atoms with Gasteiger partial charge in [0.1, 0.15) is 5.82 Å². The Balaban J connectivity index is 2.28. The quantitative estimate of drug-likeness (QED) is 0.695. The van der Waals surface area contributed by atoms with Crippen molar-refractivity contribution in [3.8, 4) is 11.3 Å². The molecule has 0 atom stereocenters. The van der Waals surface area contributed by atoms with Crippen LogP contribution in [-0.2, 0) is 0 Å². The summed E-state index contributed by atoms with van der Waals surface area (Å²) in [5.74, 6) is -0.0502. The van der Waals surface area contributed by atoms with Crippen molar-refractivity contribution in [3.05, 3.63) is 54.0 Å². The zero-order chi connectivity index (χ0) is 15.0. The lowest BCUT2D eigenvalue weighted by Gasteiger charge is -2.10. The predicted octanol–water partition coefficient (Wildman–Crippen LogP) is 4.47. The molecule has 0 aliphatic carbocycles. The van der Waals surface area contributed by atoms with Crippen LogP contribution in [0.3, 0.4) is 0 Å². The van der Waals surface area contributed by atoms with Crippen LogP contribution >= 0.6 is 0 Å². The first-order chi connectivity index (χ1) is 10.1. The van der Waals surface area contributed by atoms with Crippen LogP contribution in [0.5, 0.6) is 0 Å². The molecule has 3 rings (SSSR count). The molecular formula is C17H15FN3. The van der Waals surface area contributed by atoms with Crippen molar-refractivity contribution < 1.29 is 4.39 Å². The summed E-state index contributed by atoms with van der Waals surface area (Å²) in [4.78, 5) is 8.34. The first kappa shape index (κ1) is 13.5. The fraction of sp³-hybridized carbons (Fsp3) is 0.176. The lowest BCUT2D eigenvalue weighted by atomic mass is 10.00. The molecule has 0 saturated heterocycles. The summed E-state index contributed by atoms with van der Waals surface area (Å²) >= 11 is 0. The molecule has 1 radical (unpaired) electrons. The maximum Gasteiger partial charge on any atom is 0.242 e. The topological polar surface area (TPSA) is 49.6 Å². The highest BCUT2D eigenvalue weighted by Gasteiger charge is 2.12. The summed E-state index contributed by atoms with van der Waals surface area (Å²) < 4.78 is 13.9. The van der Waals surface area contributed by atoms with Crippen molar-refractivity contribution in [3.63, 3.8) is 0 Å². The van der Waals surface area contributed by atoms with E-state index in [9.17, 15) is 4.39 Å². The highest BCUT2D eigenvalue weighted by Crippen LogP contribution is 2.30. The van der Waals surface area contributed by atoms with Crippen LogP contribution in [0.4, 0.5) is 10.3 Å². The second-order valence-electron chi connectivity index (χ2n) is 5.30. The van der Waals surface area contributed by atoms with Gasteiger partial charge in [0.05, 0.1) is 5.69 Å². The number of hydrogen-bond donors (Lipinski definition) is 0. The van der Waals surface area contributed by atoms with Crippen molar-refractivity contribution in [2.75, 3.05) is 0 Å². The molecule has 0 bridgehead atoms.